The molecule has 1 fully saturated rings. The molecule has 1 saturated carbocycles. The monoisotopic (exact) mass is 170 g/mol. The molecule has 2 nitrogen and oxygen atoms in total. The van der Waals surface area contributed by atoms with E-state index in [0.29, 0.717) is 11.8 Å². The van der Waals surface area contributed by atoms with Crippen LogP contribution in [-0.4, -0.2) is 11.1 Å². The molecule has 1 rings (SSSR count). The molecule has 0 aliphatic heterocycles. The van der Waals surface area contributed by atoms with E-state index in [-0.39, 0.29) is 5.92 Å². The topological polar surface area (TPSA) is 37.3 Å². The van der Waals surface area contributed by atoms with Crippen molar-refractivity contribution in [1.82, 2.24) is 0 Å². The second-order valence-corrected chi connectivity index (χ2v) is 4.29. The highest BCUT2D eigenvalue weighted by molar-refractivity contribution is 5.69. The third-order valence-corrected chi connectivity index (χ3v) is 2.85. The lowest BCUT2D eigenvalue weighted by molar-refractivity contribution is -0.142. The molecule has 2 heteroatoms. The van der Waals surface area contributed by atoms with E-state index in [1.165, 1.54) is 6.42 Å². The quantitative estimate of drug-likeness (QED) is 0.614. The third-order valence-electron chi connectivity index (χ3n) is 2.85. The first-order valence-electron chi connectivity index (χ1n) is 4.82. The highest BCUT2D eigenvalue weighted by atomic mass is 16.4. The SMILES string of the molecule is CC1CCC(C(=O)O)CC(C)C1. The maximum atomic E-state index is 10.8. The molecule has 0 heterocycles. The summed E-state index contributed by atoms with van der Waals surface area (Å²) in [4.78, 5) is 10.8. The summed E-state index contributed by atoms with van der Waals surface area (Å²) < 4.78 is 0. The fourth-order valence-corrected chi connectivity index (χ4v) is 2.21. The van der Waals surface area contributed by atoms with Crippen LogP contribution in [0.4, 0.5) is 0 Å². The van der Waals surface area contributed by atoms with E-state index in [1.54, 1.807) is 0 Å². The first-order valence-corrected chi connectivity index (χ1v) is 4.82. The van der Waals surface area contributed by atoms with E-state index in [9.17, 15) is 4.79 Å². The van der Waals surface area contributed by atoms with Crippen LogP contribution in [0.25, 0.3) is 0 Å². The van der Waals surface area contributed by atoms with Gasteiger partial charge >= 0.3 is 5.97 Å². The summed E-state index contributed by atoms with van der Waals surface area (Å²) >= 11 is 0. The van der Waals surface area contributed by atoms with Crippen LogP contribution in [0.1, 0.15) is 39.5 Å². The molecule has 12 heavy (non-hydrogen) atoms. The molecule has 1 aliphatic carbocycles. The van der Waals surface area contributed by atoms with Gasteiger partial charge in [-0.25, -0.2) is 0 Å². The Labute approximate surface area is 74.0 Å². The van der Waals surface area contributed by atoms with E-state index in [4.69, 9.17) is 5.11 Å². The maximum Gasteiger partial charge on any atom is 0.306 e. The Bertz CT molecular complexity index is 165. The van der Waals surface area contributed by atoms with Gasteiger partial charge in [-0.2, -0.15) is 0 Å². The second kappa shape index (κ2) is 3.92. The Hall–Kier alpha value is -0.530. The standard InChI is InChI=1S/C10H18O2/c1-7-3-4-9(10(11)12)6-8(2)5-7/h7-9H,3-6H2,1-2H3,(H,11,12). The normalized spacial score (nSPS) is 37.3. The molecule has 0 amide bonds. The molecular weight excluding hydrogens is 152 g/mol. The van der Waals surface area contributed by atoms with Gasteiger partial charge in [-0.1, -0.05) is 13.8 Å². The number of carboxylic acids is 1. The van der Waals surface area contributed by atoms with E-state index in [2.05, 4.69) is 13.8 Å². The van der Waals surface area contributed by atoms with Crippen LogP contribution >= 0.6 is 0 Å². The first-order chi connectivity index (χ1) is 5.59. The summed E-state index contributed by atoms with van der Waals surface area (Å²) in [6.45, 7) is 4.39. The Morgan fingerprint density at radius 1 is 1.17 bits per heavy atom. The molecule has 0 aromatic carbocycles. The van der Waals surface area contributed by atoms with E-state index in [0.717, 1.165) is 19.3 Å². The first kappa shape index (κ1) is 9.56. The number of carbonyl (C=O) groups is 1. The lowest BCUT2D eigenvalue weighted by Crippen LogP contribution is -2.14. The molecule has 0 bridgehead atoms. The number of hydrogen-bond acceptors (Lipinski definition) is 1. The summed E-state index contributed by atoms with van der Waals surface area (Å²) in [6, 6.07) is 0. The van der Waals surface area contributed by atoms with Gasteiger partial charge in [0.1, 0.15) is 0 Å². The molecule has 0 radical (unpaired) electrons. The lowest BCUT2D eigenvalue weighted by atomic mass is 9.94. The van der Waals surface area contributed by atoms with Crippen molar-refractivity contribution in [3.05, 3.63) is 0 Å². The van der Waals surface area contributed by atoms with Gasteiger partial charge in [0, 0.05) is 0 Å². The van der Waals surface area contributed by atoms with Gasteiger partial charge in [0.2, 0.25) is 0 Å². The van der Waals surface area contributed by atoms with Crippen molar-refractivity contribution in [3.8, 4) is 0 Å². The van der Waals surface area contributed by atoms with Crippen LogP contribution in [0.5, 0.6) is 0 Å². The van der Waals surface area contributed by atoms with E-state index < -0.39 is 5.97 Å². The summed E-state index contributed by atoms with van der Waals surface area (Å²) in [5.41, 5.74) is 0. The highest BCUT2D eigenvalue weighted by Crippen LogP contribution is 2.30. The van der Waals surface area contributed by atoms with Crippen molar-refractivity contribution in [1.29, 1.82) is 0 Å². The van der Waals surface area contributed by atoms with Crippen molar-refractivity contribution >= 4 is 5.97 Å². The largest absolute Gasteiger partial charge is 0.481 e. The Morgan fingerprint density at radius 3 is 2.42 bits per heavy atom. The fourth-order valence-electron chi connectivity index (χ4n) is 2.21. The molecular formula is C10H18O2. The fraction of sp³-hybridized carbons (Fsp3) is 0.900. The van der Waals surface area contributed by atoms with Gasteiger partial charge < -0.3 is 5.11 Å². The minimum atomic E-state index is -0.601. The minimum absolute atomic E-state index is 0.0788. The number of hydrogen-bond donors (Lipinski definition) is 1. The minimum Gasteiger partial charge on any atom is -0.481 e. The smallest absolute Gasteiger partial charge is 0.306 e. The molecule has 70 valence electrons. The summed E-state index contributed by atoms with van der Waals surface area (Å²) in [5, 5.41) is 8.87. The van der Waals surface area contributed by atoms with Crippen molar-refractivity contribution in [2.24, 2.45) is 17.8 Å². The summed E-state index contributed by atoms with van der Waals surface area (Å²) in [5.74, 6) is 0.619. The van der Waals surface area contributed by atoms with Gasteiger partial charge in [-0.05, 0) is 37.5 Å². The Kier molecular flexibility index (Phi) is 3.12. The number of aliphatic carboxylic acids is 1. The molecule has 0 aromatic rings. The predicted octanol–water partition coefficient (Wildman–Crippen LogP) is 2.53. The highest BCUT2D eigenvalue weighted by Gasteiger charge is 2.25. The van der Waals surface area contributed by atoms with Crippen molar-refractivity contribution in [2.75, 3.05) is 0 Å². The van der Waals surface area contributed by atoms with Crippen LogP contribution in [-0.2, 0) is 4.79 Å². The number of rotatable bonds is 1. The van der Waals surface area contributed by atoms with Gasteiger partial charge in [0.25, 0.3) is 0 Å². The average Bonchev–Trinajstić information content (AvgIpc) is 2.11. The van der Waals surface area contributed by atoms with Crippen molar-refractivity contribution < 1.29 is 9.90 Å². The predicted molar refractivity (Wildman–Crippen MR) is 47.9 cm³/mol. The lowest BCUT2D eigenvalue weighted by Gasteiger charge is -2.12. The third kappa shape index (κ3) is 2.50. The Balaban J connectivity index is 2.52. The van der Waals surface area contributed by atoms with Gasteiger partial charge in [-0.15, -0.1) is 0 Å². The molecule has 1 N–H and O–H groups in total. The van der Waals surface area contributed by atoms with Gasteiger partial charge in [-0.3, -0.25) is 4.79 Å². The molecule has 3 atom stereocenters. The van der Waals surface area contributed by atoms with Crippen LogP contribution in [0.3, 0.4) is 0 Å². The zero-order valence-corrected chi connectivity index (χ0v) is 7.92. The zero-order chi connectivity index (χ0) is 9.14. The van der Waals surface area contributed by atoms with Crippen LogP contribution in [0.15, 0.2) is 0 Å². The molecule has 0 aromatic heterocycles. The molecule has 0 saturated heterocycles. The van der Waals surface area contributed by atoms with Crippen LogP contribution in [0.2, 0.25) is 0 Å². The van der Waals surface area contributed by atoms with Gasteiger partial charge in [0.15, 0.2) is 0 Å². The van der Waals surface area contributed by atoms with Gasteiger partial charge in [0.05, 0.1) is 5.92 Å². The van der Waals surface area contributed by atoms with E-state index >= 15 is 0 Å². The maximum absolute atomic E-state index is 10.8. The van der Waals surface area contributed by atoms with Crippen molar-refractivity contribution in [2.45, 2.75) is 39.5 Å². The van der Waals surface area contributed by atoms with Crippen LogP contribution in [0, 0.1) is 17.8 Å². The van der Waals surface area contributed by atoms with E-state index in [1.807, 2.05) is 0 Å². The molecule has 0 spiro atoms. The second-order valence-electron chi connectivity index (χ2n) is 4.29. The average molecular weight is 170 g/mol. The molecule has 3 unspecified atom stereocenters. The molecule has 1 aliphatic rings. The zero-order valence-electron chi connectivity index (χ0n) is 7.92. The van der Waals surface area contributed by atoms with Crippen molar-refractivity contribution in [3.63, 3.8) is 0 Å². The Morgan fingerprint density at radius 2 is 1.83 bits per heavy atom. The number of carboxylic acid groups (broad SMARTS) is 1. The van der Waals surface area contributed by atoms with Crippen LogP contribution < -0.4 is 0 Å². The summed E-state index contributed by atoms with van der Waals surface area (Å²) in [7, 11) is 0. The summed E-state index contributed by atoms with van der Waals surface area (Å²) in [6.07, 6.45) is 4.03.